The Morgan fingerprint density at radius 3 is 2.70 bits per heavy atom. The van der Waals surface area contributed by atoms with Gasteiger partial charge in [0.05, 0.1) is 17.1 Å². The number of aryl methyl sites for hydroxylation is 2. The maximum Gasteiger partial charge on any atom is 0.416 e. The summed E-state index contributed by atoms with van der Waals surface area (Å²) in [6.07, 6.45) is -0.546. The molecule has 1 aromatic heterocycles. The number of aromatic nitrogens is 1. The lowest BCUT2D eigenvalue weighted by molar-refractivity contribution is -0.137. The fourth-order valence-corrected chi connectivity index (χ4v) is 4.14. The third-order valence-corrected chi connectivity index (χ3v) is 5.67. The number of pyridine rings is 1. The van der Waals surface area contributed by atoms with Gasteiger partial charge in [0, 0.05) is 18.1 Å². The van der Waals surface area contributed by atoms with E-state index in [1.807, 2.05) is 24.3 Å². The van der Waals surface area contributed by atoms with Gasteiger partial charge in [0.15, 0.2) is 0 Å². The van der Waals surface area contributed by atoms with Gasteiger partial charge in [-0.15, -0.1) is 0 Å². The normalized spacial score (nSPS) is 16.3. The highest BCUT2D eigenvalue weighted by atomic mass is 19.4. The Labute approximate surface area is 171 Å². The molecule has 1 aliphatic carbocycles. The van der Waals surface area contributed by atoms with Gasteiger partial charge in [-0.1, -0.05) is 24.3 Å². The van der Waals surface area contributed by atoms with Crippen molar-refractivity contribution in [3.63, 3.8) is 0 Å². The van der Waals surface area contributed by atoms with E-state index in [1.165, 1.54) is 12.3 Å². The van der Waals surface area contributed by atoms with E-state index in [4.69, 9.17) is 0 Å². The molecule has 1 N–H and O–H groups in total. The number of fused-ring (bicyclic) bond motifs is 2. The molecule has 4 nitrogen and oxygen atoms in total. The van der Waals surface area contributed by atoms with Gasteiger partial charge in [0.25, 0.3) is 5.91 Å². The summed E-state index contributed by atoms with van der Waals surface area (Å²) in [5.74, 6) is -0.566. The second-order valence-electron chi connectivity index (χ2n) is 7.50. The van der Waals surface area contributed by atoms with Gasteiger partial charge in [-0.05, 0) is 55.5 Å². The van der Waals surface area contributed by atoms with E-state index in [2.05, 4.69) is 5.32 Å². The zero-order valence-corrected chi connectivity index (χ0v) is 16.4. The fourth-order valence-electron chi connectivity index (χ4n) is 4.14. The molecule has 0 spiro atoms. The molecule has 0 radical (unpaired) electrons. The summed E-state index contributed by atoms with van der Waals surface area (Å²) in [5, 5.41) is 2.81. The lowest BCUT2D eigenvalue weighted by Gasteiger charge is -2.26. The van der Waals surface area contributed by atoms with Gasteiger partial charge in [0.2, 0.25) is 5.43 Å². The number of hydrogen-bond donors (Lipinski definition) is 1. The standard InChI is InChI=1S/C23H21F3N2O2/c1-2-28-13-18(21(29)17-12-15(23(24,25)26)10-11-20(17)28)22(30)27-19-9-5-7-14-6-3-4-8-16(14)19/h3-4,6,8,10-13,19H,2,5,7,9H2,1H3,(H,27,30)/t19-/m1/s1. The van der Waals surface area contributed by atoms with Crippen molar-refractivity contribution in [2.75, 3.05) is 0 Å². The molecule has 1 heterocycles. The van der Waals surface area contributed by atoms with Crippen LogP contribution >= 0.6 is 0 Å². The average molecular weight is 414 g/mol. The molecule has 0 unspecified atom stereocenters. The summed E-state index contributed by atoms with van der Waals surface area (Å²) >= 11 is 0. The number of carbonyl (C=O) groups excluding carboxylic acids is 1. The average Bonchev–Trinajstić information content (AvgIpc) is 2.73. The van der Waals surface area contributed by atoms with Crippen LogP contribution in [0, 0.1) is 0 Å². The first-order valence-corrected chi connectivity index (χ1v) is 9.92. The third kappa shape index (κ3) is 3.60. The van der Waals surface area contributed by atoms with Crippen molar-refractivity contribution < 1.29 is 18.0 Å². The number of carbonyl (C=O) groups is 1. The number of benzene rings is 2. The summed E-state index contributed by atoms with van der Waals surface area (Å²) in [4.78, 5) is 26.0. The van der Waals surface area contributed by atoms with Crippen molar-refractivity contribution in [2.24, 2.45) is 0 Å². The van der Waals surface area contributed by atoms with Gasteiger partial charge in [-0.3, -0.25) is 9.59 Å². The first-order valence-electron chi connectivity index (χ1n) is 9.92. The van der Waals surface area contributed by atoms with Crippen molar-refractivity contribution in [1.82, 2.24) is 9.88 Å². The Kier molecular flexibility index (Phi) is 5.13. The van der Waals surface area contributed by atoms with E-state index in [0.717, 1.165) is 42.5 Å². The van der Waals surface area contributed by atoms with Gasteiger partial charge in [-0.25, -0.2) is 0 Å². The Balaban J connectivity index is 1.76. The number of alkyl halides is 3. The highest BCUT2D eigenvalue weighted by Crippen LogP contribution is 2.31. The molecule has 0 fully saturated rings. The molecular weight excluding hydrogens is 393 g/mol. The summed E-state index contributed by atoms with van der Waals surface area (Å²) in [6, 6.07) is 10.7. The minimum Gasteiger partial charge on any atom is -0.347 e. The van der Waals surface area contributed by atoms with Crippen molar-refractivity contribution in [1.29, 1.82) is 0 Å². The smallest absolute Gasteiger partial charge is 0.347 e. The molecule has 1 aliphatic rings. The molecule has 0 bridgehead atoms. The molecular formula is C23H21F3N2O2. The maximum absolute atomic E-state index is 13.2. The Bertz CT molecular complexity index is 1180. The van der Waals surface area contributed by atoms with Gasteiger partial charge in [0.1, 0.15) is 5.56 Å². The van der Waals surface area contributed by atoms with Crippen molar-refractivity contribution in [2.45, 2.75) is 44.9 Å². The molecule has 156 valence electrons. The SMILES string of the molecule is CCn1cc(C(=O)N[C@@H]2CCCc3ccccc32)c(=O)c2cc(C(F)(F)F)ccc21. The van der Waals surface area contributed by atoms with Crippen molar-refractivity contribution in [3.8, 4) is 0 Å². The highest BCUT2D eigenvalue weighted by Gasteiger charge is 2.31. The van der Waals surface area contributed by atoms with Crippen LogP contribution in [0.3, 0.4) is 0 Å². The van der Waals surface area contributed by atoms with E-state index in [0.29, 0.717) is 12.1 Å². The summed E-state index contributed by atoms with van der Waals surface area (Å²) < 4.78 is 41.1. The van der Waals surface area contributed by atoms with Crippen LogP contribution in [0.2, 0.25) is 0 Å². The van der Waals surface area contributed by atoms with E-state index in [1.54, 1.807) is 11.5 Å². The third-order valence-electron chi connectivity index (χ3n) is 5.67. The highest BCUT2D eigenvalue weighted by molar-refractivity contribution is 5.97. The number of amides is 1. The van der Waals surface area contributed by atoms with Crippen LogP contribution in [0.5, 0.6) is 0 Å². The van der Waals surface area contributed by atoms with Crippen LogP contribution in [0.25, 0.3) is 10.9 Å². The zero-order chi connectivity index (χ0) is 21.5. The van der Waals surface area contributed by atoms with Crippen LogP contribution in [0.1, 0.15) is 52.9 Å². The molecule has 4 rings (SSSR count). The molecule has 0 saturated heterocycles. The first-order chi connectivity index (χ1) is 14.3. The number of rotatable bonds is 3. The predicted octanol–water partition coefficient (Wildman–Crippen LogP) is 4.85. The zero-order valence-electron chi connectivity index (χ0n) is 16.4. The molecule has 30 heavy (non-hydrogen) atoms. The molecule has 3 aromatic rings. The summed E-state index contributed by atoms with van der Waals surface area (Å²) in [7, 11) is 0. The van der Waals surface area contributed by atoms with E-state index in [-0.39, 0.29) is 17.0 Å². The maximum atomic E-state index is 13.2. The van der Waals surface area contributed by atoms with Crippen molar-refractivity contribution >= 4 is 16.8 Å². The van der Waals surface area contributed by atoms with E-state index < -0.39 is 23.1 Å². The lowest BCUT2D eigenvalue weighted by atomic mass is 9.87. The van der Waals surface area contributed by atoms with Gasteiger partial charge >= 0.3 is 6.18 Å². The summed E-state index contributed by atoms with van der Waals surface area (Å²) in [6.45, 7) is 2.22. The molecule has 0 saturated carbocycles. The second-order valence-corrected chi connectivity index (χ2v) is 7.50. The van der Waals surface area contributed by atoms with Crippen LogP contribution in [0.15, 0.2) is 53.5 Å². The Morgan fingerprint density at radius 1 is 1.20 bits per heavy atom. The van der Waals surface area contributed by atoms with Crippen molar-refractivity contribution in [3.05, 3.63) is 81.1 Å². The quantitative estimate of drug-likeness (QED) is 0.666. The van der Waals surface area contributed by atoms with E-state index in [9.17, 15) is 22.8 Å². The monoisotopic (exact) mass is 414 g/mol. The molecule has 1 atom stereocenters. The first kappa shape index (κ1) is 20.2. The lowest BCUT2D eigenvalue weighted by Crippen LogP contribution is -2.34. The Morgan fingerprint density at radius 2 is 1.97 bits per heavy atom. The number of hydrogen-bond acceptors (Lipinski definition) is 2. The fraction of sp³-hybridized carbons (Fsp3) is 0.304. The molecule has 1 amide bonds. The summed E-state index contributed by atoms with van der Waals surface area (Å²) in [5.41, 5.74) is 0.805. The van der Waals surface area contributed by atoms with Crippen LogP contribution in [-0.2, 0) is 19.1 Å². The van der Waals surface area contributed by atoms with Gasteiger partial charge < -0.3 is 9.88 Å². The molecule has 7 heteroatoms. The second kappa shape index (κ2) is 7.63. The molecule has 0 aliphatic heterocycles. The van der Waals surface area contributed by atoms with E-state index >= 15 is 0 Å². The number of nitrogens with zero attached hydrogens (tertiary/aromatic N) is 1. The minimum absolute atomic E-state index is 0.108. The Hall–Kier alpha value is -3.09. The molecule has 2 aromatic carbocycles. The van der Waals surface area contributed by atoms with Crippen LogP contribution < -0.4 is 10.7 Å². The van der Waals surface area contributed by atoms with Gasteiger partial charge in [-0.2, -0.15) is 13.2 Å². The minimum atomic E-state index is -4.57. The predicted molar refractivity (Wildman–Crippen MR) is 108 cm³/mol. The van der Waals surface area contributed by atoms with Crippen LogP contribution in [0.4, 0.5) is 13.2 Å². The largest absolute Gasteiger partial charge is 0.416 e. The number of nitrogens with one attached hydrogen (secondary N) is 1. The number of halogens is 3. The van der Waals surface area contributed by atoms with Crippen LogP contribution in [-0.4, -0.2) is 10.5 Å². The topological polar surface area (TPSA) is 51.1 Å².